The second-order valence-corrected chi connectivity index (χ2v) is 3.66. The molecule has 16 heavy (non-hydrogen) atoms. The first-order valence-corrected chi connectivity index (χ1v) is 5.29. The number of benzene rings is 1. The summed E-state index contributed by atoms with van der Waals surface area (Å²) in [6.07, 6.45) is 3.45. The van der Waals surface area contributed by atoms with Crippen LogP contribution in [0.3, 0.4) is 0 Å². The fourth-order valence-electron chi connectivity index (χ4n) is 1.20. The van der Waals surface area contributed by atoms with Crippen molar-refractivity contribution in [2.24, 2.45) is 0 Å². The number of carboxylic acids is 1. The van der Waals surface area contributed by atoms with Gasteiger partial charge in [0, 0.05) is 5.02 Å². The molecule has 0 saturated carbocycles. The summed E-state index contributed by atoms with van der Waals surface area (Å²) in [5.74, 6) is -0.692. The molecule has 0 atom stereocenters. The Kier molecular flexibility index (Phi) is 4.86. The van der Waals surface area contributed by atoms with Crippen molar-refractivity contribution in [3.05, 3.63) is 41.4 Å². The van der Waals surface area contributed by atoms with E-state index in [2.05, 4.69) is 6.58 Å². The molecule has 0 bridgehead atoms. The summed E-state index contributed by atoms with van der Waals surface area (Å²) in [5, 5.41) is 9.32. The maximum atomic E-state index is 10.9. The first-order valence-electron chi connectivity index (χ1n) is 4.91. The normalized spacial score (nSPS) is 9.81. The maximum absolute atomic E-state index is 10.9. The van der Waals surface area contributed by atoms with Crippen LogP contribution in [0.1, 0.15) is 23.2 Å². The van der Waals surface area contributed by atoms with Crippen LogP contribution in [0.2, 0.25) is 5.02 Å². The monoisotopic (exact) mass is 240 g/mol. The van der Waals surface area contributed by atoms with Crippen LogP contribution < -0.4 is 4.74 Å². The van der Waals surface area contributed by atoms with Gasteiger partial charge in [-0.3, -0.25) is 0 Å². The molecule has 0 aliphatic heterocycles. The maximum Gasteiger partial charge on any atom is 0.339 e. The molecule has 1 N–H and O–H groups in total. The van der Waals surface area contributed by atoms with Gasteiger partial charge < -0.3 is 9.84 Å². The van der Waals surface area contributed by atoms with E-state index < -0.39 is 5.97 Å². The molecule has 0 unspecified atom stereocenters. The van der Waals surface area contributed by atoms with E-state index in [-0.39, 0.29) is 5.56 Å². The third kappa shape index (κ3) is 3.59. The topological polar surface area (TPSA) is 46.5 Å². The third-order valence-electron chi connectivity index (χ3n) is 1.98. The van der Waals surface area contributed by atoms with Gasteiger partial charge in [-0.1, -0.05) is 17.7 Å². The van der Waals surface area contributed by atoms with E-state index in [1.165, 1.54) is 6.07 Å². The SMILES string of the molecule is C=CCCCOc1ccc(Cl)cc1C(=O)O. The highest BCUT2D eigenvalue weighted by molar-refractivity contribution is 6.31. The number of carbonyl (C=O) groups is 1. The van der Waals surface area contributed by atoms with Crippen LogP contribution in [0.15, 0.2) is 30.9 Å². The molecule has 0 radical (unpaired) electrons. The van der Waals surface area contributed by atoms with Crippen molar-refractivity contribution in [1.29, 1.82) is 0 Å². The molecular formula is C12H13ClO3. The van der Waals surface area contributed by atoms with Crippen molar-refractivity contribution >= 4 is 17.6 Å². The van der Waals surface area contributed by atoms with Crippen molar-refractivity contribution in [3.63, 3.8) is 0 Å². The molecule has 1 rings (SSSR count). The second-order valence-electron chi connectivity index (χ2n) is 3.22. The minimum Gasteiger partial charge on any atom is -0.493 e. The van der Waals surface area contributed by atoms with E-state index >= 15 is 0 Å². The average molecular weight is 241 g/mol. The number of allylic oxidation sites excluding steroid dienone is 1. The number of hydrogen-bond acceptors (Lipinski definition) is 2. The summed E-state index contributed by atoms with van der Waals surface area (Å²) in [6, 6.07) is 4.56. The van der Waals surface area contributed by atoms with Gasteiger partial charge in [0.1, 0.15) is 11.3 Å². The molecule has 86 valence electrons. The molecule has 1 aromatic rings. The van der Waals surface area contributed by atoms with Gasteiger partial charge in [-0.15, -0.1) is 6.58 Å². The van der Waals surface area contributed by atoms with Crippen molar-refractivity contribution < 1.29 is 14.6 Å². The van der Waals surface area contributed by atoms with Crippen molar-refractivity contribution in [1.82, 2.24) is 0 Å². The van der Waals surface area contributed by atoms with Crippen LogP contribution in [0, 0.1) is 0 Å². The van der Waals surface area contributed by atoms with Gasteiger partial charge in [0.05, 0.1) is 6.61 Å². The van der Waals surface area contributed by atoms with Crippen LogP contribution in [0.4, 0.5) is 0 Å². The molecule has 4 heteroatoms. The van der Waals surface area contributed by atoms with Gasteiger partial charge in [-0.2, -0.15) is 0 Å². The number of ether oxygens (including phenoxy) is 1. The molecular weight excluding hydrogens is 228 g/mol. The Bertz CT molecular complexity index is 388. The average Bonchev–Trinajstić information content (AvgIpc) is 2.26. The Hall–Kier alpha value is -1.48. The van der Waals surface area contributed by atoms with Crippen LogP contribution in [-0.2, 0) is 0 Å². The third-order valence-corrected chi connectivity index (χ3v) is 2.22. The second kappa shape index (κ2) is 6.18. The van der Waals surface area contributed by atoms with Gasteiger partial charge in [0.15, 0.2) is 0 Å². The smallest absolute Gasteiger partial charge is 0.339 e. The molecule has 0 saturated heterocycles. The first-order chi connectivity index (χ1) is 7.65. The Morgan fingerprint density at radius 3 is 2.94 bits per heavy atom. The summed E-state index contributed by atoms with van der Waals surface area (Å²) in [6.45, 7) is 4.06. The Morgan fingerprint density at radius 1 is 1.56 bits per heavy atom. The molecule has 3 nitrogen and oxygen atoms in total. The summed E-state index contributed by atoms with van der Waals surface area (Å²) in [4.78, 5) is 10.9. The van der Waals surface area contributed by atoms with Gasteiger partial charge in [-0.25, -0.2) is 4.79 Å². The van der Waals surface area contributed by atoms with E-state index in [0.717, 1.165) is 12.8 Å². The quantitative estimate of drug-likeness (QED) is 0.613. The number of rotatable bonds is 6. The predicted octanol–water partition coefficient (Wildman–Crippen LogP) is 3.38. The van der Waals surface area contributed by atoms with Crippen molar-refractivity contribution in [2.45, 2.75) is 12.8 Å². The molecule has 0 amide bonds. The van der Waals surface area contributed by atoms with Crippen LogP contribution in [0.25, 0.3) is 0 Å². The highest BCUT2D eigenvalue weighted by atomic mass is 35.5. The summed E-state index contributed by atoms with van der Waals surface area (Å²) in [7, 11) is 0. The van der Waals surface area contributed by atoms with Gasteiger partial charge >= 0.3 is 5.97 Å². The molecule has 1 aromatic carbocycles. The summed E-state index contributed by atoms with van der Waals surface area (Å²) >= 11 is 5.71. The zero-order chi connectivity index (χ0) is 12.0. The largest absolute Gasteiger partial charge is 0.493 e. The minimum absolute atomic E-state index is 0.0890. The van der Waals surface area contributed by atoms with Crippen LogP contribution >= 0.6 is 11.6 Å². The van der Waals surface area contributed by atoms with Gasteiger partial charge in [0.25, 0.3) is 0 Å². The standard InChI is InChI=1S/C12H13ClO3/c1-2-3-4-7-16-11-6-5-9(13)8-10(11)12(14)15/h2,5-6,8H,1,3-4,7H2,(H,14,15). The number of hydrogen-bond donors (Lipinski definition) is 1. The summed E-state index contributed by atoms with van der Waals surface area (Å²) < 4.78 is 5.37. The minimum atomic E-state index is -1.04. The lowest BCUT2D eigenvalue weighted by Crippen LogP contribution is -2.04. The van der Waals surface area contributed by atoms with Gasteiger partial charge in [0.2, 0.25) is 0 Å². The van der Waals surface area contributed by atoms with Crippen molar-refractivity contribution in [2.75, 3.05) is 6.61 Å². The highest BCUT2D eigenvalue weighted by Gasteiger charge is 2.11. The molecule has 0 heterocycles. The van der Waals surface area contributed by atoms with E-state index in [1.54, 1.807) is 18.2 Å². The van der Waals surface area contributed by atoms with Crippen molar-refractivity contribution in [3.8, 4) is 5.75 Å². The molecule has 0 spiro atoms. The predicted molar refractivity (Wildman–Crippen MR) is 63.3 cm³/mol. The number of carboxylic acid groups (broad SMARTS) is 1. The lowest BCUT2D eigenvalue weighted by Gasteiger charge is -2.08. The molecule has 0 aliphatic carbocycles. The molecule has 0 fully saturated rings. The lowest BCUT2D eigenvalue weighted by atomic mass is 10.2. The van der Waals surface area contributed by atoms with E-state index in [4.69, 9.17) is 21.4 Å². The number of halogens is 1. The lowest BCUT2D eigenvalue weighted by molar-refractivity contribution is 0.0692. The Labute approximate surface area is 99.3 Å². The Balaban J connectivity index is 2.71. The van der Waals surface area contributed by atoms with E-state index in [9.17, 15) is 4.79 Å². The highest BCUT2D eigenvalue weighted by Crippen LogP contribution is 2.23. The Morgan fingerprint density at radius 2 is 2.31 bits per heavy atom. The van der Waals surface area contributed by atoms with Gasteiger partial charge in [-0.05, 0) is 31.0 Å². The van der Waals surface area contributed by atoms with E-state index in [1.807, 2.05) is 0 Å². The zero-order valence-electron chi connectivity index (χ0n) is 8.78. The van der Waals surface area contributed by atoms with Crippen LogP contribution in [-0.4, -0.2) is 17.7 Å². The fraction of sp³-hybridized carbons (Fsp3) is 0.250. The van der Waals surface area contributed by atoms with E-state index in [0.29, 0.717) is 17.4 Å². The molecule has 0 aromatic heterocycles. The number of unbranched alkanes of at least 4 members (excludes halogenated alkanes) is 1. The zero-order valence-corrected chi connectivity index (χ0v) is 9.54. The van der Waals surface area contributed by atoms with Crippen LogP contribution in [0.5, 0.6) is 5.75 Å². The number of aromatic carboxylic acids is 1. The first kappa shape index (κ1) is 12.6. The fourth-order valence-corrected chi connectivity index (χ4v) is 1.38. The molecule has 0 aliphatic rings. The summed E-state index contributed by atoms with van der Waals surface area (Å²) in [5.41, 5.74) is 0.0890.